The smallest absolute Gasteiger partial charge is 0.246 e. The molecule has 3 heterocycles. The van der Waals surface area contributed by atoms with Crippen LogP contribution in [0.1, 0.15) is 23.9 Å². The lowest BCUT2D eigenvalue weighted by Gasteiger charge is -2.15. The molecule has 1 aliphatic heterocycles. The van der Waals surface area contributed by atoms with Crippen molar-refractivity contribution in [2.75, 3.05) is 39.0 Å². The van der Waals surface area contributed by atoms with E-state index in [1.165, 1.54) is 11.3 Å². The number of likely N-dealkylation sites (tertiary alicyclic amines) is 1. The van der Waals surface area contributed by atoms with Crippen LogP contribution in [0, 0.1) is 6.92 Å². The maximum Gasteiger partial charge on any atom is 0.246 e. The van der Waals surface area contributed by atoms with Gasteiger partial charge < -0.3 is 15.1 Å². The molecule has 1 amide bonds. The highest BCUT2D eigenvalue weighted by molar-refractivity contribution is 7.13. The molecule has 138 valence electrons. The van der Waals surface area contributed by atoms with E-state index in [1.807, 2.05) is 43.0 Å². The lowest BCUT2D eigenvalue weighted by atomic mass is 10.0. The van der Waals surface area contributed by atoms with Crippen LogP contribution in [-0.2, 0) is 4.79 Å². The van der Waals surface area contributed by atoms with E-state index in [1.54, 1.807) is 11.6 Å². The molecule has 2 aromatic heterocycles. The van der Waals surface area contributed by atoms with Crippen molar-refractivity contribution in [2.45, 2.75) is 19.3 Å². The lowest BCUT2D eigenvalue weighted by molar-refractivity contribution is -0.125. The zero-order chi connectivity index (χ0) is 18.5. The summed E-state index contributed by atoms with van der Waals surface area (Å²) >= 11 is 1.42. The molecule has 3 rings (SSSR count). The SMILES string of the molecule is Cc1nc(Nc2nncs2)cc([C@H]2CCN(C(=O)/C=C/CN(C)C)C2)n1. The maximum atomic E-state index is 12.3. The van der Waals surface area contributed by atoms with Crippen LogP contribution in [0.25, 0.3) is 0 Å². The second-order valence-corrected chi connectivity index (χ2v) is 7.36. The standard InChI is InChI=1S/C17H23N7OS/c1-12-19-14(9-15(20-12)21-17-22-18-11-26-17)13-6-8-24(10-13)16(25)5-4-7-23(2)3/h4-5,9,11,13H,6-8,10H2,1-3H3,(H,19,20,21,22)/b5-4+/t13-/m0/s1. The first-order chi connectivity index (χ1) is 12.5. The van der Waals surface area contributed by atoms with Crippen molar-refractivity contribution in [3.63, 3.8) is 0 Å². The fraction of sp³-hybridized carbons (Fsp3) is 0.471. The lowest BCUT2D eigenvalue weighted by Crippen LogP contribution is -2.27. The molecular weight excluding hydrogens is 350 g/mol. The van der Waals surface area contributed by atoms with Crippen molar-refractivity contribution in [1.29, 1.82) is 0 Å². The summed E-state index contributed by atoms with van der Waals surface area (Å²) < 4.78 is 0. The maximum absolute atomic E-state index is 12.3. The van der Waals surface area contributed by atoms with E-state index in [9.17, 15) is 4.79 Å². The van der Waals surface area contributed by atoms with Gasteiger partial charge in [0.25, 0.3) is 0 Å². The van der Waals surface area contributed by atoms with Gasteiger partial charge in [0.2, 0.25) is 11.0 Å². The number of aryl methyl sites for hydroxylation is 1. The zero-order valence-corrected chi connectivity index (χ0v) is 16.0. The fourth-order valence-corrected chi connectivity index (χ4v) is 3.32. The number of hydrogen-bond acceptors (Lipinski definition) is 8. The van der Waals surface area contributed by atoms with E-state index in [0.717, 1.165) is 25.2 Å². The molecule has 0 saturated carbocycles. The molecule has 0 aliphatic carbocycles. The van der Waals surface area contributed by atoms with Gasteiger partial charge in [0.05, 0.1) is 5.69 Å². The topological polar surface area (TPSA) is 87.1 Å². The molecule has 0 radical (unpaired) electrons. The Bertz CT molecular complexity index is 775. The van der Waals surface area contributed by atoms with Crippen molar-refractivity contribution in [1.82, 2.24) is 30.0 Å². The Balaban J connectivity index is 1.65. The van der Waals surface area contributed by atoms with E-state index in [-0.39, 0.29) is 11.8 Å². The fourth-order valence-electron chi connectivity index (χ4n) is 2.87. The highest BCUT2D eigenvalue weighted by atomic mass is 32.1. The third-order valence-corrected chi connectivity index (χ3v) is 4.71. The summed E-state index contributed by atoms with van der Waals surface area (Å²) in [7, 11) is 3.96. The molecule has 0 spiro atoms. The Kier molecular flexibility index (Phi) is 5.89. The van der Waals surface area contributed by atoms with Crippen LogP contribution in [0.3, 0.4) is 0 Å². The number of nitrogens with one attached hydrogen (secondary N) is 1. The highest BCUT2D eigenvalue weighted by Crippen LogP contribution is 2.28. The second kappa shape index (κ2) is 8.33. The molecule has 1 aliphatic rings. The summed E-state index contributed by atoms with van der Waals surface area (Å²) in [6, 6.07) is 1.94. The Morgan fingerprint density at radius 2 is 2.31 bits per heavy atom. The molecule has 1 N–H and O–H groups in total. The first-order valence-corrected chi connectivity index (χ1v) is 9.38. The number of nitrogens with zero attached hydrogens (tertiary/aromatic N) is 6. The number of rotatable bonds is 6. The summed E-state index contributed by atoms with van der Waals surface area (Å²) in [5, 5.41) is 11.6. The molecule has 1 saturated heterocycles. The first-order valence-electron chi connectivity index (χ1n) is 8.50. The zero-order valence-electron chi connectivity index (χ0n) is 15.2. The van der Waals surface area contributed by atoms with E-state index < -0.39 is 0 Å². The Hall–Kier alpha value is -2.39. The second-order valence-electron chi connectivity index (χ2n) is 6.53. The van der Waals surface area contributed by atoms with E-state index in [0.29, 0.717) is 23.3 Å². The van der Waals surface area contributed by atoms with Gasteiger partial charge in [-0.2, -0.15) is 0 Å². The van der Waals surface area contributed by atoms with Gasteiger partial charge in [-0.15, -0.1) is 10.2 Å². The van der Waals surface area contributed by atoms with Gasteiger partial charge in [-0.25, -0.2) is 9.97 Å². The Morgan fingerprint density at radius 1 is 1.46 bits per heavy atom. The molecule has 26 heavy (non-hydrogen) atoms. The molecular formula is C17H23N7OS. The van der Waals surface area contributed by atoms with Crippen LogP contribution in [-0.4, -0.2) is 69.6 Å². The van der Waals surface area contributed by atoms with Gasteiger partial charge in [0, 0.05) is 37.7 Å². The minimum absolute atomic E-state index is 0.0623. The molecule has 0 bridgehead atoms. The summed E-state index contributed by atoms with van der Waals surface area (Å²) in [5.74, 6) is 1.69. The number of amides is 1. The van der Waals surface area contributed by atoms with Gasteiger partial charge in [-0.3, -0.25) is 4.79 Å². The van der Waals surface area contributed by atoms with E-state index >= 15 is 0 Å². The first kappa shape index (κ1) is 18.4. The number of likely N-dealkylation sites (N-methyl/N-ethyl adjacent to an activating group) is 1. The van der Waals surface area contributed by atoms with Crippen molar-refractivity contribution >= 4 is 28.2 Å². The molecule has 0 unspecified atom stereocenters. The molecule has 1 atom stereocenters. The number of aromatic nitrogens is 4. The Labute approximate surface area is 157 Å². The summed E-state index contributed by atoms with van der Waals surface area (Å²) in [6.07, 6.45) is 4.46. The van der Waals surface area contributed by atoms with Gasteiger partial charge in [0.15, 0.2) is 0 Å². The third kappa shape index (κ3) is 4.83. The van der Waals surface area contributed by atoms with Crippen molar-refractivity contribution < 1.29 is 4.79 Å². The Morgan fingerprint density at radius 3 is 3.04 bits per heavy atom. The van der Waals surface area contributed by atoms with Gasteiger partial charge in [-0.05, 0) is 27.4 Å². The van der Waals surface area contributed by atoms with Crippen molar-refractivity contribution in [3.8, 4) is 0 Å². The summed E-state index contributed by atoms with van der Waals surface area (Å²) in [6.45, 7) is 4.06. The van der Waals surface area contributed by atoms with Crippen LogP contribution in [0.2, 0.25) is 0 Å². The number of hydrogen-bond donors (Lipinski definition) is 1. The predicted molar refractivity (Wildman–Crippen MR) is 102 cm³/mol. The molecule has 2 aromatic rings. The minimum Gasteiger partial charge on any atom is -0.338 e. The normalized spacial score (nSPS) is 17.4. The van der Waals surface area contributed by atoms with Crippen molar-refractivity contribution in [3.05, 3.63) is 35.2 Å². The number of anilines is 2. The summed E-state index contributed by atoms with van der Waals surface area (Å²) in [5.41, 5.74) is 2.62. The average molecular weight is 373 g/mol. The van der Waals surface area contributed by atoms with Gasteiger partial charge in [-0.1, -0.05) is 17.4 Å². The van der Waals surface area contributed by atoms with Crippen LogP contribution in [0.15, 0.2) is 23.7 Å². The number of carbonyl (C=O) groups excluding carboxylic acids is 1. The van der Waals surface area contributed by atoms with Crippen LogP contribution < -0.4 is 5.32 Å². The molecule has 9 heteroatoms. The van der Waals surface area contributed by atoms with Crippen molar-refractivity contribution in [2.24, 2.45) is 0 Å². The predicted octanol–water partition coefficient (Wildman–Crippen LogP) is 1.81. The van der Waals surface area contributed by atoms with Crippen LogP contribution >= 0.6 is 11.3 Å². The number of carbonyl (C=O) groups is 1. The monoisotopic (exact) mass is 373 g/mol. The van der Waals surface area contributed by atoms with Crippen LogP contribution in [0.4, 0.5) is 10.9 Å². The third-order valence-electron chi connectivity index (χ3n) is 4.10. The van der Waals surface area contributed by atoms with E-state index in [4.69, 9.17) is 0 Å². The van der Waals surface area contributed by atoms with Gasteiger partial charge in [0.1, 0.15) is 17.2 Å². The largest absolute Gasteiger partial charge is 0.338 e. The molecule has 0 aromatic carbocycles. The van der Waals surface area contributed by atoms with Gasteiger partial charge >= 0.3 is 0 Å². The molecule has 8 nitrogen and oxygen atoms in total. The van der Waals surface area contributed by atoms with E-state index in [2.05, 4.69) is 25.5 Å². The quantitative estimate of drug-likeness (QED) is 0.773. The minimum atomic E-state index is 0.0623. The average Bonchev–Trinajstić information content (AvgIpc) is 3.25. The van der Waals surface area contributed by atoms with Crippen LogP contribution in [0.5, 0.6) is 0 Å². The molecule has 1 fully saturated rings. The highest BCUT2D eigenvalue weighted by Gasteiger charge is 2.27. The summed E-state index contributed by atoms with van der Waals surface area (Å²) in [4.78, 5) is 25.2.